The Kier molecular flexibility index (Phi) is 6.33. The van der Waals surface area contributed by atoms with E-state index >= 15 is 0 Å². The second-order valence-corrected chi connectivity index (χ2v) is 11.1. The van der Waals surface area contributed by atoms with Crippen molar-refractivity contribution in [3.05, 3.63) is 70.3 Å². The van der Waals surface area contributed by atoms with Crippen LogP contribution in [0.3, 0.4) is 0 Å². The van der Waals surface area contributed by atoms with Crippen LogP contribution in [0.15, 0.2) is 42.5 Å². The number of amides is 2. The van der Waals surface area contributed by atoms with Gasteiger partial charge in [0, 0.05) is 17.6 Å². The van der Waals surface area contributed by atoms with E-state index in [1.165, 1.54) is 0 Å². The minimum absolute atomic E-state index is 0.194. The molecule has 0 aromatic heterocycles. The third kappa shape index (κ3) is 4.54. The van der Waals surface area contributed by atoms with E-state index in [0.29, 0.717) is 24.0 Å². The lowest BCUT2D eigenvalue weighted by molar-refractivity contribution is -0.121. The number of fused-ring (bicyclic) bond motifs is 1. The van der Waals surface area contributed by atoms with E-state index in [-0.39, 0.29) is 11.9 Å². The summed E-state index contributed by atoms with van der Waals surface area (Å²) in [4.78, 5) is 28.6. The Labute approximate surface area is 195 Å². The zero-order valence-corrected chi connectivity index (χ0v) is 20.1. The highest BCUT2D eigenvalue weighted by Crippen LogP contribution is 2.46. The van der Waals surface area contributed by atoms with Crippen molar-refractivity contribution in [2.24, 2.45) is 5.73 Å². The lowest BCUT2D eigenvalue weighted by Gasteiger charge is -2.49. The number of carbonyl (C=O) groups is 2. The zero-order chi connectivity index (χ0) is 23.9. The smallest absolute Gasteiger partial charge is 0.255 e. The Hall–Kier alpha value is -2.71. The van der Waals surface area contributed by atoms with Crippen LogP contribution in [0.4, 0.5) is 0 Å². The van der Waals surface area contributed by atoms with Gasteiger partial charge in [0.15, 0.2) is 0 Å². The highest BCUT2D eigenvalue weighted by Gasteiger charge is 2.48. The number of nitrogens with two attached hydrogens (primary N) is 1. The van der Waals surface area contributed by atoms with Gasteiger partial charge in [-0.2, -0.15) is 0 Å². The van der Waals surface area contributed by atoms with Gasteiger partial charge >= 0.3 is 0 Å². The fourth-order valence-corrected chi connectivity index (χ4v) is 6.39. The van der Waals surface area contributed by atoms with Crippen molar-refractivity contribution < 1.29 is 18.0 Å². The number of nitrogens with zero attached hydrogens (tertiary/aromatic N) is 1. The highest BCUT2D eigenvalue weighted by atomic mass is 32.2. The van der Waals surface area contributed by atoms with E-state index < -0.39 is 33.9 Å². The molecule has 2 aliphatic rings. The molecule has 3 N–H and O–H groups in total. The molecule has 0 unspecified atom stereocenters. The second kappa shape index (κ2) is 8.91. The van der Waals surface area contributed by atoms with Crippen LogP contribution in [0, 0.1) is 13.8 Å². The van der Waals surface area contributed by atoms with Gasteiger partial charge in [-0.05, 0) is 49.4 Å². The van der Waals surface area contributed by atoms with Gasteiger partial charge in [0.25, 0.3) is 5.91 Å². The van der Waals surface area contributed by atoms with Gasteiger partial charge in [-0.15, -0.1) is 0 Å². The van der Waals surface area contributed by atoms with Gasteiger partial charge in [0.1, 0.15) is 0 Å². The van der Waals surface area contributed by atoms with Gasteiger partial charge in [-0.25, -0.2) is 13.1 Å². The number of carbonyl (C=O) groups excluding carboxylic acids is 2. The molecule has 1 fully saturated rings. The first-order valence-electron chi connectivity index (χ1n) is 11.3. The van der Waals surface area contributed by atoms with Crippen molar-refractivity contribution in [3.63, 3.8) is 0 Å². The number of hydrogen-bond donors (Lipinski definition) is 2. The summed E-state index contributed by atoms with van der Waals surface area (Å²) < 4.78 is 27.0. The standard InChI is InChI=1S/C25H31N3O4S/c1-15-12-13-17(16(2)14-15)23-22(24(26)29)18-8-4-5-9-19(18)25(30)28(23)21-11-7-6-10-20(21)27-33(3,31)32/h4-5,8-9,12-14,20-23,27H,6-7,10-11H2,1-3H3,(H2,26,29)/t20-,21-,22+,23-/m0/s1. The molecule has 7 nitrogen and oxygen atoms in total. The first-order chi connectivity index (χ1) is 15.6. The molecule has 1 heterocycles. The molecule has 33 heavy (non-hydrogen) atoms. The number of aryl methyl sites for hydroxylation is 2. The van der Waals surface area contributed by atoms with Crippen LogP contribution in [0.5, 0.6) is 0 Å². The van der Waals surface area contributed by atoms with Crippen molar-refractivity contribution in [3.8, 4) is 0 Å². The molecule has 0 saturated heterocycles. The van der Waals surface area contributed by atoms with E-state index in [0.717, 1.165) is 35.8 Å². The van der Waals surface area contributed by atoms with Gasteiger partial charge < -0.3 is 10.6 Å². The molecule has 0 bridgehead atoms. The van der Waals surface area contributed by atoms with Gasteiger partial charge in [-0.1, -0.05) is 54.8 Å². The Bertz CT molecular complexity index is 1190. The third-order valence-electron chi connectivity index (χ3n) is 6.88. The Morgan fingerprint density at radius 2 is 1.76 bits per heavy atom. The van der Waals surface area contributed by atoms with E-state index in [2.05, 4.69) is 4.72 Å². The van der Waals surface area contributed by atoms with Gasteiger partial charge in [0.05, 0.1) is 18.2 Å². The first-order valence-corrected chi connectivity index (χ1v) is 13.2. The lowest BCUT2D eigenvalue weighted by Crippen LogP contribution is -2.59. The molecule has 8 heteroatoms. The summed E-state index contributed by atoms with van der Waals surface area (Å²) in [6, 6.07) is 11.6. The normalized spacial score (nSPS) is 25.5. The molecule has 4 rings (SSSR count). The van der Waals surface area contributed by atoms with E-state index in [1.54, 1.807) is 23.1 Å². The molecule has 1 aliphatic heterocycles. The van der Waals surface area contributed by atoms with Crippen LogP contribution in [-0.2, 0) is 14.8 Å². The average Bonchev–Trinajstić information content (AvgIpc) is 2.73. The van der Waals surface area contributed by atoms with Crippen molar-refractivity contribution in [1.29, 1.82) is 0 Å². The zero-order valence-electron chi connectivity index (χ0n) is 19.2. The maximum atomic E-state index is 14.0. The minimum atomic E-state index is -3.48. The molecule has 176 valence electrons. The number of primary amides is 1. The number of benzene rings is 2. The third-order valence-corrected chi connectivity index (χ3v) is 7.61. The molecular weight excluding hydrogens is 438 g/mol. The molecule has 1 saturated carbocycles. The summed E-state index contributed by atoms with van der Waals surface area (Å²) in [6.07, 6.45) is 4.16. The maximum absolute atomic E-state index is 14.0. The summed E-state index contributed by atoms with van der Waals surface area (Å²) in [5.74, 6) is -1.44. The van der Waals surface area contributed by atoms with Crippen LogP contribution < -0.4 is 10.5 Å². The largest absolute Gasteiger partial charge is 0.369 e. The molecule has 2 amide bonds. The highest BCUT2D eigenvalue weighted by molar-refractivity contribution is 7.88. The van der Waals surface area contributed by atoms with Crippen molar-refractivity contribution >= 4 is 21.8 Å². The van der Waals surface area contributed by atoms with Gasteiger partial charge in [0.2, 0.25) is 15.9 Å². The predicted octanol–water partition coefficient (Wildman–Crippen LogP) is 2.93. The SMILES string of the molecule is Cc1ccc([C@H]2[C@H](C(N)=O)c3ccccc3C(=O)N2[C@H]2CCCC[C@@H]2NS(C)(=O)=O)c(C)c1. The van der Waals surface area contributed by atoms with Crippen LogP contribution in [0.2, 0.25) is 0 Å². The van der Waals surface area contributed by atoms with Gasteiger partial charge in [-0.3, -0.25) is 9.59 Å². The summed E-state index contributed by atoms with van der Waals surface area (Å²) in [6.45, 7) is 3.96. The van der Waals surface area contributed by atoms with Crippen molar-refractivity contribution in [2.45, 2.75) is 63.6 Å². The fourth-order valence-electron chi connectivity index (χ4n) is 5.57. The van der Waals surface area contributed by atoms with Crippen LogP contribution in [0.1, 0.15) is 70.3 Å². The first kappa shape index (κ1) is 23.4. The quantitative estimate of drug-likeness (QED) is 0.702. The maximum Gasteiger partial charge on any atom is 0.255 e. The molecule has 0 radical (unpaired) electrons. The number of rotatable bonds is 5. The van der Waals surface area contributed by atoms with E-state index in [4.69, 9.17) is 5.73 Å². The fraction of sp³-hybridized carbons (Fsp3) is 0.440. The predicted molar refractivity (Wildman–Crippen MR) is 127 cm³/mol. The van der Waals surface area contributed by atoms with E-state index in [1.807, 2.05) is 38.1 Å². The van der Waals surface area contributed by atoms with Crippen molar-refractivity contribution in [1.82, 2.24) is 9.62 Å². The summed E-state index contributed by atoms with van der Waals surface area (Å²) in [5.41, 5.74) is 9.95. The Balaban J connectivity index is 1.93. The number of hydrogen-bond acceptors (Lipinski definition) is 4. The summed E-state index contributed by atoms with van der Waals surface area (Å²) in [5, 5.41) is 0. The lowest BCUT2D eigenvalue weighted by atomic mass is 9.75. The molecule has 4 atom stereocenters. The van der Waals surface area contributed by atoms with Crippen molar-refractivity contribution in [2.75, 3.05) is 6.26 Å². The Morgan fingerprint density at radius 1 is 1.06 bits per heavy atom. The summed E-state index contributed by atoms with van der Waals surface area (Å²) in [7, 11) is -3.48. The molecule has 1 aliphatic carbocycles. The molecular formula is C25H31N3O4S. The van der Waals surface area contributed by atoms with Crippen LogP contribution >= 0.6 is 0 Å². The topological polar surface area (TPSA) is 110 Å². The van der Waals surface area contributed by atoms with E-state index in [9.17, 15) is 18.0 Å². The minimum Gasteiger partial charge on any atom is -0.369 e. The summed E-state index contributed by atoms with van der Waals surface area (Å²) >= 11 is 0. The second-order valence-electron chi connectivity index (χ2n) is 9.33. The Morgan fingerprint density at radius 3 is 2.42 bits per heavy atom. The number of nitrogens with one attached hydrogen (secondary N) is 1. The monoisotopic (exact) mass is 469 g/mol. The molecule has 2 aromatic rings. The van der Waals surface area contributed by atoms with Crippen LogP contribution in [0.25, 0.3) is 0 Å². The number of sulfonamides is 1. The van der Waals surface area contributed by atoms with Crippen LogP contribution in [-0.4, -0.2) is 43.5 Å². The average molecular weight is 470 g/mol. The molecule has 0 spiro atoms. The molecule has 2 aromatic carbocycles.